The summed E-state index contributed by atoms with van der Waals surface area (Å²) in [6.07, 6.45) is 0. The molecule has 3 heterocycles. The third-order valence-electron chi connectivity index (χ3n) is 4.23. The molecule has 8 heteroatoms. The van der Waals surface area contributed by atoms with Crippen LogP contribution in [-0.4, -0.2) is 90.3 Å². The van der Waals surface area contributed by atoms with Gasteiger partial charge in [0.2, 0.25) is 5.91 Å². The summed E-state index contributed by atoms with van der Waals surface area (Å²) in [4.78, 5) is 36.3. The van der Waals surface area contributed by atoms with E-state index in [2.05, 4.69) is 9.88 Å². The maximum absolute atomic E-state index is 12.4. The van der Waals surface area contributed by atoms with Gasteiger partial charge in [0.05, 0.1) is 19.6 Å². The number of carbonyl (C=O) groups excluding carboxylic acids is 2. The van der Waals surface area contributed by atoms with Crippen LogP contribution in [0.15, 0.2) is 4.42 Å². The van der Waals surface area contributed by atoms with E-state index in [0.717, 1.165) is 13.1 Å². The predicted octanol–water partition coefficient (Wildman–Crippen LogP) is -0.534. The van der Waals surface area contributed by atoms with Gasteiger partial charge in [0, 0.05) is 26.2 Å². The average molecular weight is 321 g/mol. The zero-order valence-electron chi connectivity index (χ0n) is 13.9. The number of hydrogen-bond donors (Lipinski definition) is 0. The molecule has 0 aliphatic carbocycles. The van der Waals surface area contributed by atoms with E-state index in [1.807, 2.05) is 26.0 Å². The number of likely N-dealkylation sites (N-methyl/N-ethyl adjacent to an activating group) is 2. The van der Waals surface area contributed by atoms with Crippen LogP contribution in [0.25, 0.3) is 0 Å². The fourth-order valence-electron chi connectivity index (χ4n) is 2.82. The average Bonchev–Trinajstić information content (AvgIpc) is 3.05. The Kier molecular flexibility index (Phi) is 4.36. The predicted molar refractivity (Wildman–Crippen MR) is 82.7 cm³/mol. The third-order valence-corrected chi connectivity index (χ3v) is 4.23. The molecule has 0 N–H and O–H groups in total. The van der Waals surface area contributed by atoms with Crippen molar-refractivity contribution in [3.8, 4) is 0 Å². The molecule has 0 saturated carbocycles. The molecule has 3 rings (SSSR count). The van der Waals surface area contributed by atoms with Crippen LogP contribution in [-0.2, 0) is 17.9 Å². The molecule has 8 nitrogen and oxygen atoms in total. The number of carbonyl (C=O) groups is 2. The Hall–Kier alpha value is -1.93. The second kappa shape index (κ2) is 6.29. The van der Waals surface area contributed by atoms with Crippen molar-refractivity contribution >= 4 is 11.8 Å². The van der Waals surface area contributed by atoms with Crippen molar-refractivity contribution in [1.82, 2.24) is 24.6 Å². The van der Waals surface area contributed by atoms with Crippen molar-refractivity contribution in [2.24, 2.45) is 0 Å². The first kappa shape index (κ1) is 15.9. The molecule has 0 bridgehead atoms. The highest BCUT2D eigenvalue weighted by atomic mass is 16.4. The lowest BCUT2D eigenvalue weighted by Gasteiger charge is -2.31. The molecule has 23 heavy (non-hydrogen) atoms. The first-order valence-corrected chi connectivity index (χ1v) is 7.83. The van der Waals surface area contributed by atoms with Crippen molar-refractivity contribution in [3.63, 3.8) is 0 Å². The smallest absolute Gasteiger partial charge is 0.309 e. The molecule has 0 atom stereocenters. The Morgan fingerprint density at radius 1 is 1.13 bits per heavy atom. The van der Waals surface area contributed by atoms with Gasteiger partial charge in [0.25, 0.3) is 5.89 Å². The summed E-state index contributed by atoms with van der Waals surface area (Å²) in [5.74, 6) is 0.669. The first-order chi connectivity index (χ1) is 10.9. The molecule has 0 unspecified atom stereocenters. The van der Waals surface area contributed by atoms with Crippen LogP contribution in [0.5, 0.6) is 0 Å². The zero-order chi connectivity index (χ0) is 16.6. The fourth-order valence-corrected chi connectivity index (χ4v) is 2.82. The molecular weight excluding hydrogens is 298 g/mol. The van der Waals surface area contributed by atoms with Crippen LogP contribution in [0.4, 0.5) is 0 Å². The number of oxazole rings is 1. The van der Waals surface area contributed by atoms with E-state index in [4.69, 9.17) is 4.42 Å². The van der Waals surface area contributed by atoms with Crippen molar-refractivity contribution < 1.29 is 14.0 Å². The minimum absolute atomic E-state index is 0.0372. The molecular formula is C15H23N5O3. The number of hydrogen-bond acceptors (Lipinski definition) is 6. The monoisotopic (exact) mass is 321 g/mol. The summed E-state index contributed by atoms with van der Waals surface area (Å²) in [7, 11) is 5.76. The Morgan fingerprint density at radius 3 is 2.43 bits per heavy atom. The Bertz CT molecular complexity index is 581. The minimum Gasteiger partial charge on any atom is -0.435 e. The Balaban J connectivity index is 1.62. The van der Waals surface area contributed by atoms with Gasteiger partial charge < -0.3 is 24.0 Å². The summed E-state index contributed by atoms with van der Waals surface area (Å²) in [5.41, 5.74) is 0.703. The fraction of sp³-hybridized carbons (Fsp3) is 0.667. The van der Waals surface area contributed by atoms with Crippen molar-refractivity contribution in [3.05, 3.63) is 17.3 Å². The summed E-state index contributed by atoms with van der Waals surface area (Å²) < 4.78 is 5.63. The van der Waals surface area contributed by atoms with Gasteiger partial charge >= 0.3 is 5.91 Å². The molecule has 0 spiro atoms. The van der Waals surface area contributed by atoms with Crippen LogP contribution in [0.3, 0.4) is 0 Å². The van der Waals surface area contributed by atoms with Crippen LogP contribution in [0.1, 0.15) is 22.1 Å². The first-order valence-electron chi connectivity index (χ1n) is 7.83. The number of aromatic nitrogens is 1. The van der Waals surface area contributed by atoms with Gasteiger partial charge in [-0.2, -0.15) is 0 Å². The summed E-state index contributed by atoms with van der Waals surface area (Å²) in [6, 6.07) is 0. The quantitative estimate of drug-likeness (QED) is 0.745. The molecule has 126 valence electrons. The molecule has 1 fully saturated rings. The zero-order valence-corrected chi connectivity index (χ0v) is 13.9. The van der Waals surface area contributed by atoms with E-state index >= 15 is 0 Å². The topological polar surface area (TPSA) is 73.1 Å². The lowest BCUT2D eigenvalue weighted by Crippen LogP contribution is -2.47. The van der Waals surface area contributed by atoms with Crippen molar-refractivity contribution in [1.29, 1.82) is 0 Å². The van der Waals surface area contributed by atoms with Crippen LogP contribution < -0.4 is 0 Å². The summed E-state index contributed by atoms with van der Waals surface area (Å²) in [5, 5.41) is 0. The van der Waals surface area contributed by atoms with E-state index in [9.17, 15) is 9.59 Å². The minimum atomic E-state index is -0.154. The Labute approximate surface area is 135 Å². The van der Waals surface area contributed by atoms with Gasteiger partial charge in [-0.1, -0.05) is 0 Å². The number of rotatable bonds is 3. The van der Waals surface area contributed by atoms with Gasteiger partial charge in [-0.25, -0.2) is 4.98 Å². The van der Waals surface area contributed by atoms with Gasteiger partial charge in [-0.05, 0) is 21.1 Å². The summed E-state index contributed by atoms with van der Waals surface area (Å²) >= 11 is 0. The Morgan fingerprint density at radius 2 is 1.83 bits per heavy atom. The maximum atomic E-state index is 12.4. The molecule has 0 aromatic carbocycles. The largest absolute Gasteiger partial charge is 0.435 e. The highest BCUT2D eigenvalue weighted by molar-refractivity contribution is 5.90. The standard InChI is InChI=1S/C15H23N5O3/c1-17(2)10-13(21)20-8-11-12(9-20)23-14(16-11)15(22)19-6-4-18(3)5-7-19/h4-10H2,1-3H3. The van der Waals surface area contributed by atoms with Crippen LogP contribution in [0, 0.1) is 0 Å². The van der Waals surface area contributed by atoms with E-state index in [1.54, 1.807) is 9.80 Å². The van der Waals surface area contributed by atoms with Gasteiger partial charge in [-0.3, -0.25) is 9.59 Å². The van der Waals surface area contributed by atoms with E-state index in [1.165, 1.54) is 0 Å². The molecule has 1 aromatic heterocycles. The molecule has 2 aliphatic rings. The van der Waals surface area contributed by atoms with Crippen LogP contribution >= 0.6 is 0 Å². The third kappa shape index (κ3) is 3.37. The van der Waals surface area contributed by atoms with Gasteiger partial charge in [0.15, 0.2) is 0 Å². The number of amides is 2. The molecule has 2 amide bonds. The maximum Gasteiger partial charge on any atom is 0.309 e. The lowest BCUT2D eigenvalue weighted by molar-refractivity contribution is -0.132. The second-order valence-electron chi connectivity index (χ2n) is 6.47. The van der Waals surface area contributed by atoms with Crippen molar-refractivity contribution in [2.45, 2.75) is 13.1 Å². The van der Waals surface area contributed by atoms with E-state index < -0.39 is 0 Å². The van der Waals surface area contributed by atoms with Gasteiger partial charge in [0.1, 0.15) is 11.5 Å². The summed E-state index contributed by atoms with van der Waals surface area (Å²) in [6.45, 7) is 4.27. The SMILES string of the molecule is CN(C)CC(=O)N1Cc2nc(C(=O)N3CCN(C)CC3)oc2C1. The lowest BCUT2D eigenvalue weighted by atomic mass is 10.3. The molecule has 2 aliphatic heterocycles. The molecule has 1 aromatic rings. The van der Waals surface area contributed by atoms with Crippen LogP contribution in [0.2, 0.25) is 0 Å². The number of fused-ring (bicyclic) bond motifs is 1. The van der Waals surface area contributed by atoms with E-state index in [0.29, 0.717) is 44.2 Å². The number of nitrogens with zero attached hydrogens (tertiary/aromatic N) is 5. The van der Waals surface area contributed by atoms with Crippen molar-refractivity contribution in [2.75, 3.05) is 53.9 Å². The normalized spacial score (nSPS) is 18.6. The van der Waals surface area contributed by atoms with Gasteiger partial charge in [-0.15, -0.1) is 0 Å². The highest BCUT2D eigenvalue weighted by Crippen LogP contribution is 2.24. The molecule has 0 radical (unpaired) electrons. The molecule has 1 saturated heterocycles. The second-order valence-corrected chi connectivity index (χ2v) is 6.47. The number of piperazine rings is 1. The van der Waals surface area contributed by atoms with E-state index in [-0.39, 0.29) is 17.7 Å². The highest BCUT2D eigenvalue weighted by Gasteiger charge is 2.32.